The summed E-state index contributed by atoms with van der Waals surface area (Å²) in [6, 6.07) is 13.1. The van der Waals surface area contributed by atoms with Crippen LogP contribution in [0.3, 0.4) is 0 Å². The van der Waals surface area contributed by atoms with E-state index in [0.29, 0.717) is 13.0 Å². The number of aryl methyl sites for hydroxylation is 3. The zero-order valence-corrected chi connectivity index (χ0v) is 18.5. The first-order valence-corrected chi connectivity index (χ1v) is 11.4. The average molecular weight is 404 g/mol. The highest BCUT2D eigenvalue weighted by atomic mass is 16.5. The predicted octanol–water partition coefficient (Wildman–Crippen LogP) is 6.80. The quantitative estimate of drug-likeness (QED) is 0.449. The lowest BCUT2D eigenvalue weighted by atomic mass is 9.92. The third kappa shape index (κ3) is 4.45. The molecule has 0 amide bonds. The Kier molecular flexibility index (Phi) is 6.26. The Balaban J connectivity index is 1.48. The summed E-state index contributed by atoms with van der Waals surface area (Å²) in [4.78, 5) is 14.9. The van der Waals surface area contributed by atoms with E-state index in [0.717, 1.165) is 30.0 Å². The fraction of sp³-hybridized carbons (Fsp3) is 0.444. The van der Waals surface area contributed by atoms with Crippen LogP contribution in [0.25, 0.3) is 10.9 Å². The minimum absolute atomic E-state index is 0.231. The monoisotopic (exact) mass is 403 g/mol. The third-order valence-electron chi connectivity index (χ3n) is 6.58. The van der Waals surface area contributed by atoms with Crippen LogP contribution in [-0.4, -0.2) is 10.8 Å². The van der Waals surface area contributed by atoms with Crippen molar-refractivity contribution in [3.05, 3.63) is 64.3 Å². The highest BCUT2D eigenvalue weighted by Gasteiger charge is 2.18. The maximum Gasteiger partial charge on any atom is 0.130 e. The summed E-state index contributed by atoms with van der Waals surface area (Å²) in [5, 5.41) is 1.21. The summed E-state index contributed by atoms with van der Waals surface area (Å²) in [6.07, 6.45) is 7.70. The number of fused-ring (bicyclic) bond motifs is 1. The Labute approximate surface area is 179 Å². The molecule has 0 aliphatic heterocycles. The Hall–Kier alpha value is -2.55. The van der Waals surface area contributed by atoms with E-state index in [-0.39, 0.29) is 5.78 Å². The van der Waals surface area contributed by atoms with Gasteiger partial charge in [0.2, 0.25) is 0 Å². The number of ether oxygens (including phenoxy) is 1. The predicted molar refractivity (Wildman–Crippen MR) is 123 cm³/mol. The largest absolute Gasteiger partial charge is 0.489 e. The van der Waals surface area contributed by atoms with E-state index < -0.39 is 0 Å². The summed E-state index contributed by atoms with van der Waals surface area (Å²) >= 11 is 0. The number of carbonyl (C=O) groups excluding carboxylic acids is 1. The van der Waals surface area contributed by atoms with Crippen molar-refractivity contribution in [1.82, 2.24) is 4.98 Å². The van der Waals surface area contributed by atoms with Crippen LogP contribution in [0.5, 0.6) is 5.75 Å². The van der Waals surface area contributed by atoms with Crippen molar-refractivity contribution in [3.8, 4) is 5.75 Å². The van der Waals surface area contributed by atoms with Gasteiger partial charge in [0, 0.05) is 23.0 Å². The molecule has 3 aromatic rings. The number of hydrogen-bond donors (Lipinski definition) is 1. The summed E-state index contributed by atoms with van der Waals surface area (Å²) in [5.74, 6) is 1.88. The molecule has 2 aromatic carbocycles. The van der Waals surface area contributed by atoms with Gasteiger partial charge in [0.15, 0.2) is 0 Å². The van der Waals surface area contributed by atoms with Crippen LogP contribution in [-0.2, 0) is 24.2 Å². The number of Topliss-reactive ketones (excluding diaryl/α,β-unsaturated/α-hetero) is 1. The molecule has 0 bridgehead atoms. The molecule has 1 aromatic heterocycles. The van der Waals surface area contributed by atoms with E-state index >= 15 is 0 Å². The minimum atomic E-state index is 0.231. The van der Waals surface area contributed by atoms with Crippen LogP contribution in [0.1, 0.15) is 79.8 Å². The van der Waals surface area contributed by atoms with Crippen molar-refractivity contribution >= 4 is 16.7 Å². The molecule has 1 heterocycles. The summed E-state index contributed by atoms with van der Waals surface area (Å²) in [6.45, 7) is 6.64. The van der Waals surface area contributed by atoms with Gasteiger partial charge < -0.3 is 14.5 Å². The molecule has 158 valence electrons. The highest BCUT2D eigenvalue weighted by molar-refractivity contribution is 5.86. The molecular formula is C27H33NO2. The topological polar surface area (TPSA) is 42.1 Å². The van der Waals surface area contributed by atoms with Crippen LogP contribution in [0.4, 0.5) is 0 Å². The lowest BCUT2D eigenvalue weighted by Crippen LogP contribution is -2.00. The van der Waals surface area contributed by atoms with Crippen molar-refractivity contribution in [3.63, 3.8) is 0 Å². The van der Waals surface area contributed by atoms with E-state index in [4.69, 9.17) is 4.74 Å². The maximum atomic E-state index is 11.4. The van der Waals surface area contributed by atoms with Gasteiger partial charge in [-0.2, -0.15) is 0 Å². The molecule has 1 aliphatic carbocycles. The summed E-state index contributed by atoms with van der Waals surface area (Å²) in [5.41, 5.74) is 7.74. The number of hydrogen-bond acceptors (Lipinski definition) is 2. The fourth-order valence-corrected chi connectivity index (χ4v) is 4.98. The smallest absolute Gasteiger partial charge is 0.130 e. The Morgan fingerprint density at radius 1 is 1.13 bits per heavy atom. The zero-order valence-electron chi connectivity index (χ0n) is 18.5. The first kappa shape index (κ1) is 20.7. The Morgan fingerprint density at radius 2 is 1.93 bits per heavy atom. The second-order valence-electron chi connectivity index (χ2n) is 8.81. The number of carbonyl (C=O) groups is 1. The van der Waals surface area contributed by atoms with Gasteiger partial charge >= 0.3 is 0 Å². The lowest BCUT2D eigenvalue weighted by Gasteiger charge is -2.15. The standard InChI is InChI=1S/C27H33NO2/c1-4-23-25-16-22(11-14-27(25)28-26(23)13-9-19(3)29)30-17-20-10-12-24(18(2)15-20)21-7-5-6-8-21/h10-12,14-16,21,28H,4-9,13,17H2,1-3H3. The van der Waals surface area contributed by atoms with Gasteiger partial charge in [-0.1, -0.05) is 38.0 Å². The molecule has 1 saturated carbocycles. The molecule has 0 spiro atoms. The molecule has 0 radical (unpaired) electrons. The fourth-order valence-electron chi connectivity index (χ4n) is 4.98. The molecule has 0 atom stereocenters. The third-order valence-corrected chi connectivity index (χ3v) is 6.58. The van der Waals surface area contributed by atoms with Crippen molar-refractivity contribution in [2.45, 2.75) is 78.2 Å². The number of rotatable bonds is 8. The number of H-pyrrole nitrogens is 1. The van der Waals surface area contributed by atoms with Gasteiger partial charge in [-0.05, 0) is 85.9 Å². The van der Waals surface area contributed by atoms with Crippen LogP contribution >= 0.6 is 0 Å². The molecular weight excluding hydrogens is 370 g/mol. The van der Waals surface area contributed by atoms with Gasteiger partial charge in [0.25, 0.3) is 0 Å². The normalized spacial score (nSPS) is 14.5. The molecule has 4 rings (SSSR count). The van der Waals surface area contributed by atoms with Crippen molar-refractivity contribution in [2.75, 3.05) is 0 Å². The molecule has 30 heavy (non-hydrogen) atoms. The number of ketones is 1. The Morgan fingerprint density at radius 3 is 2.63 bits per heavy atom. The van der Waals surface area contributed by atoms with Crippen LogP contribution in [0.2, 0.25) is 0 Å². The van der Waals surface area contributed by atoms with Crippen LogP contribution in [0, 0.1) is 6.92 Å². The van der Waals surface area contributed by atoms with Crippen molar-refractivity contribution in [2.24, 2.45) is 0 Å². The van der Waals surface area contributed by atoms with E-state index in [1.165, 1.54) is 59.0 Å². The zero-order chi connectivity index (χ0) is 21.1. The molecule has 3 nitrogen and oxygen atoms in total. The first-order chi connectivity index (χ1) is 14.5. The summed E-state index contributed by atoms with van der Waals surface area (Å²) < 4.78 is 6.16. The van der Waals surface area contributed by atoms with Gasteiger partial charge in [-0.25, -0.2) is 0 Å². The number of benzene rings is 2. The number of aromatic nitrogens is 1. The second kappa shape index (κ2) is 9.07. The molecule has 1 fully saturated rings. The number of aromatic amines is 1. The highest BCUT2D eigenvalue weighted by Crippen LogP contribution is 2.36. The molecule has 3 heteroatoms. The van der Waals surface area contributed by atoms with Gasteiger partial charge in [0.05, 0.1) is 0 Å². The molecule has 1 N–H and O–H groups in total. The Bertz CT molecular complexity index is 1040. The second-order valence-corrected chi connectivity index (χ2v) is 8.81. The van der Waals surface area contributed by atoms with Crippen LogP contribution in [0.15, 0.2) is 36.4 Å². The molecule has 0 unspecified atom stereocenters. The van der Waals surface area contributed by atoms with Gasteiger partial charge in [-0.15, -0.1) is 0 Å². The van der Waals surface area contributed by atoms with E-state index in [1.54, 1.807) is 6.92 Å². The first-order valence-electron chi connectivity index (χ1n) is 11.4. The molecule has 0 saturated heterocycles. The van der Waals surface area contributed by atoms with Crippen molar-refractivity contribution < 1.29 is 9.53 Å². The van der Waals surface area contributed by atoms with E-state index in [2.05, 4.69) is 49.2 Å². The minimum Gasteiger partial charge on any atom is -0.489 e. The summed E-state index contributed by atoms with van der Waals surface area (Å²) in [7, 11) is 0. The van der Waals surface area contributed by atoms with E-state index in [1.807, 2.05) is 6.07 Å². The molecule has 1 aliphatic rings. The van der Waals surface area contributed by atoms with Gasteiger partial charge in [-0.3, -0.25) is 0 Å². The van der Waals surface area contributed by atoms with Crippen LogP contribution < -0.4 is 4.74 Å². The average Bonchev–Trinajstić information content (AvgIpc) is 3.38. The maximum absolute atomic E-state index is 11.4. The van der Waals surface area contributed by atoms with E-state index in [9.17, 15) is 4.79 Å². The SMILES string of the molecule is CCc1c(CCC(C)=O)[nH]c2ccc(OCc3ccc(C4CCCC4)c(C)c3)cc12. The lowest BCUT2D eigenvalue weighted by molar-refractivity contribution is -0.116. The number of nitrogens with one attached hydrogen (secondary N) is 1. The van der Waals surface area contributed by atoms with Crippen molar-refractivity contribution in [1.29, 1.82) is 0 Å². The van der Waals surface area contributed by atoms with Gasteiger partial charge in [0.1, 0.15) is 18.1 Å².